The maximum Gasteiger partial charge on any atom is 0.234 e. The highest BCUT2D eigenvalue weighted by atomic mass is 35.5. The molecule has 2 N–H and O–H groups in total. The van der Waals surface area contributed by atoms with E-state index in [1.807, 2.05) is 17.6 Å². The first-order valence-electron chi connectivity index (χ1n) is 9.77. The number of nitrogens with one attached hydrogen (secondary N) is 2. The Bertz CT molecular complexity index is 1280. The van der Waals surface area contributed by atoms with E-state index >= 15 is 0 Å². The monoisotopic (exact) mass is 473 g/mol. The predicted octanol–water partition coefficient (Wildman–Crippen LogP) is 6.10. The van der Waals surface area contributed by atoms with Crippen LogP contribution in [0.5, 0.6) is 0 Å². The third-order valence-electron chi connectivity index (χ3n) is 5.14. The van der Waals surface area contributed by atoms with Crippen molar-refractivity contribution < 1.29 is 4.79 Å². The molecule has 2 aromatic heterocycles. The molecule has 2 aromatic carbocycles. The lowest BCUT2D eigenvalue weighted by molar-refractivity contribution is -0.113. The van der Waals surface area contributed by atoms with Crippen LogP contribution in [0.15, 0.2) is 41.6 Å². The first-order valence-corrected chi connectivity index (χ1v) is 11.5. The van der Waals surface area contributed by atoms with Gasteiger partial charge in [0.05, 0.1) is 15.8 Å². The third kappa shape index (κ3) is 4.44. The number of amides is 1. The van der Waals surface area contributed by atoms with Gasteiger partial charge in [0, 0.05) is 34.4 Å². The van der Waals surface area contributed by atoms with E-state index in [4.69, 9.17) is 23.2 Å². The number of halogens is 2. The van der Waals surface area contributed by atoms with E-state index in [1.54, 1.807) is 18.2 Å². The molecule has 160 valence electrons. The van der Waals surface area contributed by atoms with Gasteiger partial charge in [0.15, 0.2) is 11.0 Å². The largest absolute Gasteiger partial charge is 0.358 e. The summed E-state index contributed by atoms with van der Waals surface area (Å²) < 4.78 is 2.02. The van der Waals surface area contributed by atoms with Gasteiger partial charge in [-0.25, -0.2) is 0 Å². The minimum absolute atomic E-state index is 0.157. The van der Waals surface area contributed by atoms with Gasteiger partial charge in [-0.2, -0.15) is 0 Å². The Morgan fingerprint density at radius 3 is 2.68 bits per heavy atom. The normalized spacial score (nSPS) is 11.3. The Morgan fingerprint density at radius 1 is 1.13 bits per heavy atom. The zero-order valence-electron chi connectivity index (χ0n) is 17.3. The number of nitrogens with zero attached hydrogens (tertiary/aromatic N) is 3. The summed E-state index contributed by atoms with van der Waals surface area (Å²) in [5.74, 6) is 0.832. The number of H-pyrrole nitrogens is 1. The van der Waals surface area contributed by atoms with Gasteiger partial charge in [0.1, 0.15) is 0 Å². The number of aromatic nitrogens is 4. The summed E-state index contributed by atoms with van der Waals surface area (Å²) in [4.78, 5) is 15.8. The number of aromatic amines is 1. The number of rotatable bonds is 6. The molecule has 0 saturated heterocycles. The molecular formula is C22H21Cl2N5OS. The van der Waals surface area contributed by atoms with Crippen molar-refractivity contribution in [3.63, 3.8) is 0 Å². The second kappa shape index (κ2) is 8.94. The van der Waals surface area contributed by atoms with Crippen molar-refractivity contribution in [1.82, 2.24) is 19.7 Å². The number of thioether (sulfide) groups is 1. The van der Waals surface area contributed by atoms with Crippen molar-refractivity contribution in [2.24, 2.45) is 0 Å². The van der Waals surface area contributed by atoms with Crippen molar-refractivity contribution in [2.45, 2.75) is 32.5 Å². The lowest BCUT2D eigenvalue weighted by atomic mass is 10.1. The SMILES string of the molecule is CCn1c(SCC(=O)Nc2ccc(Cl)c(Cl)c2)nnc1-c1ccc2[nH]c(C)c(C)c2c1. The molecular weight excluding hydrogens is 453 g/mol. The van der Waals surface area contributed by atoms with Crippen LogP contribution in [0.4, 0.5) is 5.69 Å². The van der Waals surface area contributed by atoms with E-state index in [0.717, 1.165) is 22.6 Å². The molecule has 0 aliphatic carbocycles. The summed E-state index contributed by atoms with van der Waals surface area (Å²) in [5, 5.41) is 14.3. The number of hydrogen-bond acceptors (Lipinski definition) is 4. The van der Waals surface area contributed by atoms with Crippen LogP contribution in [-0.4, -0.2) is 31.4 Å². The van der Waals surface area contributed by atoms with Crippen molar-refractivity contribution in [1.29, 1.82) is 0 Å². The van der Waals surface area contributed by atoms with Crippen LogP contribution >= 0.6 is 35.0 Å². The first-order chi connectivity index (χ1) is 14.9. The molecule has 0 spiro atoms. The van der Waals surface area contributed by atoms with Crippen LogP contribution in [0.2, 0.25) is 10.0 Å². The Labute approximate surface area is 194 Å². The number of aryl methyl sites for hydroxylation is 2. The topological polar surface area (TPSA) is 75.6 Å². The Hall–Kier alpha value is -2.48. The molecule has 6 nitrogen and oxygen atoms in total. The van der Waals surface area contributed by atoms with Gasteiger partial charge in [-0.1, -0.05) is 35.0 Å². The second-order valence-corrected chi connectivity index (χ2v) is 8.91. The van der Waals surface area contributed by atoms with Crippen molar-refractivity contribution in [3.8, 4) is 11.4 Å². The van der Waals surface area contributed by atoms with Crippen molar-refractivity contribution in [2.75, 3.05) is 11.1 Å². The molecule has 0 fully saturated rings. The first kappa shape index (κ1) is 21.7. The van der Waals surface area contributed by atoms with Crippen molar-refractivity contribution in [3.05, 3.63) is 57.7 Å². The summed E-state index contributed by atoms with van der Waals surface area (Å²) in [6.45, 7) is 6.91. The number of carbonyl (C=O) groups is 1. The Kier molecular flexibility index (Phi) is 6.27. The number of carbonyl (C=O) groups excluding carboxylic acids is 1. The molecule has 0 unspecified atom stereocenters. The number of benzene rings is 2. The zero-order chi connectivity index (χ0) is 22.1. The van der Waals surface area contributed by atoms with E-state index in [-0.39, 0.29) is 11.7 Å². The molecule has 0 atom stereocenters. The zero-order valence-corrected chi connectivity index (χ0v) is 19.6. The van der Waals surface area contributed by atoms with Crippen LogP contribution < -0.4 is 5.32 Å². The highest BCUT2D eigenvalue weighted by Gasteiger charge is 2.16. The summed E-state index contributed by atoms with van der Waals surface area (Å²) in [7, 11) is 0. The predicted molar refractivity (Wildman–Crippen MR) is 128 cm³/mol. The minimum Gasteiger partial charge on any atom is -0.358 e. The summed E-state index contributed by atoms with van der Waals surface area (Å²) in [6, 6.07) is 11.2. The minimum atomic E-state index is -0.157. The highest BCUT2D eigenvalue weighted by Crippen LogP contribution is 2.29. The fourth-order valence-electron chi connectivity index (χ4n) is 3.40. The average molecular weight is 474 g/mol. The van der Waals surface area contributed by atoms with Gasteiger partial charge >= 0.3 is 0 Å². The maximum atomic E-state index is 12.4. The molecule has 31 heavy (non-hydrogen) atoms. The van der Waals surface area contributed by atoms with E-state index in [1.165, 1.54) is 22.7 Å². The number of anilines is 1. The lowest BCUT2D eigenvalue weighted by Gasteiger charge is -2.08. The fraction of sp³-hybridized carbons (Fsp3) is 0.227. The molecule has 1 amide bonds. The molecule has 2 heterocycles. The molecule has 0 saturated carbocycles. The number of hydrogen-bond donors (Lipinski definition) is 2. The molecule has 4 aromatic rings. The quantitative estimate of drug-likeness (QED) is 0.331. The van der Waals surface area contributed by atoms with Gasteiger partial charge < -0.3 is 14.9 Å². The molecule has 0 bridgehead atoms. The smallest absolute Gasteiger partial charge is 0.234 e. The molecule has 0 radical (unpaired) electrons. The van der Waals surface area contributed by atoms with E-state index in [0.29, 0.717) is 27.4 Å². The fourth-order valence-corrected chi connectivity index (χ4v) is 4.50. The van der Waals surface area contributed by atoms with Gasteiger partial charge in [-0.15, -0.1) is 10.2 Å². The number of fused-ring (bicyclic) bond motifs is 1. The Morgan fingerprint density at radius 2 is 1.94 bits per heavy atom. The Balaban J connectivity index is 1.51. The summed E-state index contributed by atoms with van der Waals surface area (Å²) >= 11 is 13.3. The lowest BCUT2D eigenvalue weighted by Crippen LogP contribution is -2.14. The van der Waals surface area contributed by atoms with Crippen molar-refractivity contribution >= 4 is 57.5 Å². The summed E-state index contributed by atoms with van der Waals surface area (Å²) in [6.07, 6.45) is 0. The van der Waals surface area contributed by atoms with Crippen LogP contribution in [-0.2, 0) is 11.3 Å². The average Bonchev–Trinajstić information content (AvgIpc) is 3.29. The van der Waals surface area contributed by atoms with Crippen LogP contribution in [0.25, 0.3) is 22.3 Å². The summed E-state index contributed by atoms with van der Waals surface area (Å²) in [5.41, 5.74) is 5.09. The third-order valence-corrected chi connectivity index (χ3v) is 6.84. The van der Waals surface area contributed by atoms with Crippen LogP contribution in [0.3, 0.4) is 0 Å². The molecule has 0 aliphatic rings. The molecule has 0 aliphatic heterocycles. The molecule has 4 rings (SSSR count). The van der Waals surface area contributed by atoms with Gasteiger partial charge in [0.2, 0.25) is 5.91 Å². The van der Waals surface area contributed by atoms with Gasteiger partial charge in [0.25, 0.3) is 0 Å². The maximum absolute atomic E-state index is 12.4. The van der Waals surface area contributed by atoms with Crippen LogP contribution in [0, 0.1) is 13.8 Å². The standard InChI is InChI=1S/C22H21Cl2N5OS/c1-4-29-21(14-5-8-19-16(9-14)12(2)13(3)25-19)27-28-22(29)31-11-20(30)26-15-6-7-17(23)18(24)10-15/h5-10,25H,4,11H2,1-3H3,(H,26,30). The van der Waals surface area contributed by atoms with Gasteiger partial charge in [-0.3, -0.25) is 4.79 Å². The van der Waals surface area contributed by atoms with Crippen LogP contribution in [0.1, 0.15) is 18.2 Å². The highest BCUT2D eigenvalue weighted by molar-refractivity contribution is 7.99. The van der Waals surface area contributed by atoms with E-state index < -0.39 is 0 Å². The van der Waals surface area contributed by atoms with E-state index in [2.05, 4.69) is 46.5 Å². The van der Waals surface area contributed by atoms with E-state index in [9.17, 15) is 4.79 Å². The van der Waals surface area contributed by atoms with Gasteiger partial charge in [-0.05, 0) is 62.7 Å². The second-order valence-electron chi connectivity index (χ2n) is 7.15. The molecule has 9 heteroatoms.